The van der Waals surface area contributed by atoms with Gasteiger partial charge in [-0.15, -0.1) is 0 Å². The molecule has 0 aliphatic heterocycles. The normalized spacial score (nSPS) is 29.5. The van der Waals surface area contributed by atoms with Crippen LogP contribution in [0.2, 0.25) is 0 Å². The van der Waals surface area contributed by atoms with Gasteiger partial charge in [-0.3, -0.25) is 9.59 Å². The van der Waals surface area contributed by atoms with Gasteiger partial charge in [-0.2, -0.15) is 0 Å². The summed E-state index contributed by atoms with van der Waals surface area (Å²) < 4.78 is 13.0. The fourth-order valence-electron chi connectivity index (χ4n) is 6.13. The molecule has 0 spiro atoms. The summed E-state index contributed by atoms with van der Waals surface area (Å²) in [6, 6.07) is 12.6. The number of rotatable bonds is 4. The molecule has 29 heavy (non-hydrogen) atoms. The van der Waals surface area contributed by atoms with E-state index in [0.717, 1.165) is 19.3 Å². The van der Waals surface area contributed by atoms with E-state index in [1.54, 1.807) is 12.1 Å². The average molecular weight is 392 g/mol. The third-order valence-electron chi connectivity index (χ3n) is 7.00. The topological polar surface area (TPSA) is 58.2 Å². The van der Waals surface area contributed by atoms with Crippen LogP contribution in [0.5, 0.6) is 0 Å². The van der Waals surface area contributed by atoms with E-state index >= 15 is 0 Å². The summed E-state index contributed by atoms with van der Waals surface area (Å²) in [5, 5.41) is 5.93. The first kappa shape index (κ1) is 18.3. The number of anilines is 2. The van der Waals surface area contributed by atoms with Gasteiger partial charge in [0.05, 0.1) is 5.41 Å². The van der Waals surface area contributed by atoms with Gasteiger partial charge in [0.2, 0.25) is 5.91 Å². The summed E-state index contributed by atoms with van der Waals surface area (Å²) >= 11 is 0. The Balaban J connectivity index is 1.28. The summed E-state index contributed by atoms with van der Waals surface area (Å²) in [5.74, 6) is 1.60. The van der Waals surface area contributed by atoms with Crippen molar-refractivity contribution in [3.05, 3.63) is 59.9 Å². The van der Waals surface area contributed by atoms with Crippen molar-refractivity contribution in [1.82, 2.24) is 0 Å². The number of carbonyl (C=O) groups excluding carboxylic acids is 2. The van der Waals surface area contributed by atoms with Crippen molar-refractivity contribution in [3.63, 3.8) is 0 Å². The molecular formula is C24H25FN2O2. The third kappa shape index (κ3) is 3.54. The van der Waals surface area contributed by atoms with Crippen LogP contribution in [0.1, 0.15) is 48.9 Å². The van der Waals surface area contributed by atoms with E-state index in [-0.39, 0.29) is 23.0 Å². The fourth-order valence-corrected chi connectivity index (χ4v) is 6.13. The van der Waals surface area contributed by atoms with Gasteiger partial charge < -0.3 is 10.6 Å². The lowest BCUT2D eigenvalue weighted by Crippen LogP contribution is -2.51. The molecule has 2 aromatic carbocycles. The number of carbonyl (C=O) groups is 2. The zero-order valence-corrected chi connectivity index (χ0v) is 16.3. The minimum absolute atomic E-state index is 0.138. The second kappa shape index (κ2) is 6.97. The Bertz CT molecular complexity index is 918. The van der Waals surface area contributed by atoms with Crippen LogP contribution in [-0.2, 0) is 4.79 Å². The van der Waals surface area contributed by atoms with E-state index in [2.05, 4.69) is 10.6 Å². The number of amides is 2. The van der Waals surface area contributed by atoms with Crippen LogP contribution >= 0.6 is 0 Å². The maximum Gasteiger partial charge on any atom is 0.255 e. The second-order valence-electron chi connectivity index (χ2n) is 9.19. The molecule has 4 bridgehead atoms. The van der Waals surface area contributed by atoms with Gasteiger partial charge in [-0.1, -0.05) is 6.07 Å². The molecule has 4 fully saturated rings. The standard InChI is InChI=1S/C24H25FN2O2/c25-19-6-4-18(5-7-19)22(28)26-20-2-1-3-21(11-20)27-23(29)24-12-15-8-16(13-24)10-17(9-15)14-24/h1-7,11,15-17H,8-10,12-14H2,(H,26,28)(H,27,29). The lowest BCUT2D eigenvalue weighted by Gasteiger charge is -2.55. The molecule has 4 nitrogen and oxygen atoms in total. The Morgan fingerprint density at radius 3 is 1.97 bits per heavy atom. The number of benzene rings is 2. The van der Waals surface area contributed by atoms with E-state index in [9.17, 15) is 14.0 Å². The summed E-state index contributed by atoms with van der Waals surface area (Å²) in [5.41, 5.74) is 1.47. The molecule has 5 heteroatoms. The summed E-state index contributed by atoms with van der Waals surface area (Å²) in [4.78, 5) is 25.6. The van der Waals surface area contributed by atoms with E-state index in [0.29, 0.717) is 34.7 Å². The summed E-state index contributed by atoms with van der Waals surface area (Å²) in [7, 11) is 0. The Labute approximate surface area is 169 Å². The van der Waals surface area contributed by atoms with Gasteiger partial charge in [0.15, 0.2) is 0 Å². The van der Waals surface area contributed by atoms with Crippen molar-refractivity contribution in [2.75, 3.05) is 10.6 Å². The predicted molar refractivity (Wildman–Crippen MR) is 110 cm³/mol. The van der Waals surface area contributed by atoms with Crippen LogP contribution in [0.25, 0.3) is 0 Å². The highest BCUT2D eigenvalue weighted by molar-refractivity contribution is 6.04. The molecule has 0 heterocycles. The van der Waals surface area contributed by atoms with Crippen molar-refractivity contribution in [1.29, 1.82) is 0 Å². The molecule has 0 unspecified atom stereocenters. The van der Waals surface area contributed by atoms with E-state index in [1.165, 1.54) is 43.5 Å². The minimum Gasteiger partial charge on any atom is -0.326 e. The van der Waals surface area contributed by atoms with Gasteiger partial charge >= 0.3 is 0 Å². The van der Waals surface area contributed by atoms with Crippen LogP contribution in [-0.4, -0.2) is 11.8 Å². The first-order valence-corrected chi connectivity index (χ1v) is 10.5. The van der Waals surface area contributed by atoms with Crippen LogP contribution in [0.4, 0.5) is 15.8 Å². The van der Waals surface area contributed by atoms with Gasteiger partial charge in [0.1, 0.15) is 5.82 Å². The SMILES string of the molecule is O=C(Nc1cccc(NC(=O)C23CC4CC(CC(C4)C2)C3)c1)c1ccc(F)cc1. The average Bonchev–Trinajstić information content (AvgIpc) is 2.67. The molecule has 4 aliphatic rings. The highest BCUT2D eigenvalue weighted by atomic mass is 19.1. The van der Waals surface area contributed by atoms with Crippen molar-refractivity contribution >= 4 is 23.2 Å². The molecule has 2 aromatic rings. The molecule has 4 saturated carbocycles. The van der Waals surface area contributed by atoms with Gasteiger partial charge in [0, 0.05) is 16.9 Å². The molecule has 4 aliphatic carbocycles. The first-order chi connectivity index (χ1) is 14.0. The maximum absolute atomic E-state index is 13.2. The largest absolute Gasteiger partial charge is 0.326 e. The van der Waals surface area contributed by atoms with Crippen LogP contribution < -0.4 is 10.6 Å². The van der Waals surface area contributed by atoms with Crippen molar-refractivity contribution in [3.8, 4) is 0 Å². The van der Waals surface area contributed by atoms with E-state index in [4.69, 9.17) is 0 Å². The highest BCUT2D eigenvalue weighted by Gasteiger charge is 2.54. The molecule has 150 valence electrons. The molecule has 0 saturated heterocycles. The number of nitrogens with one attached hydrogen (secondary N) is 2. The van der Waals surface area contributed by atoms with Crippen molar-refractivity contribution < 1.29 is 14.0 Å². The third-order valence-corrected chi connectivity index (χ3v) is 7.00. The monoisotopic (exact) mass is 392 g/mol. The zero-order valence-electron chi connectivity index (χ0n) is 16.3. The molecular weight excluding hydrogens is 367 g/mol. The maximum atomic E-state index is 13.2. The highest BCUT2D eigenvalue weighted by Crippen LogP contribution is 2.60. The van der Waals surface area contributed by atoms with E-state index in [1.807, 2.05) is 12.1 Å². The number of hydrogen-bond donors (Lipinski definition) is 2. The number of hydrogen-bond acceptors (Lipinski definition) is 2. The Kier molecular flexibility index (Phi) is 4.41. The Morgan fingerprint density at radius 2 is 1.38 bits per heavy atom. The smallest absolute Gasteiger partial charge is 0.255 e. The second-order valence-corrected chi connectivity index (χ2v) is 9.19. The molecule has 2 N–H and O–H groups in total. The van der Waals surface area contributed by atoms with Crippen LogP contribution in [0.15, 0.2) is 48.5 Å². The molecule has 2 amide bonds. The summed E-state index contributed by atoms with van der Waals surface area (Å²) in [6.07, 6.45) is 6.97. The Hall–Kier alpha value is -2.69. The zero-order chi connectivity index (χ0) is 20.0. The molecule has 0 radical (unpaired) electrons. The Morgan fingerprint density at radius 1 is 0.828 bits per heavy atom. The summed E-state index contributed by atoms with van der Waals surface area (Å²) in [6.45, 7) is 0. The van der Waals surface area contributed by atoms with Crippen molar-refractivity contribution in [2.24, 2.45) is 23.2 Å². The molecule has 0 aromatic heterocycles. The lowest BCUT2D eigenvalue weighted by atomic mass is 9.49. The minimum atomic E-state index is -0.379. The van der Waals surface area contributed by atoms with Crippen molar-refractivity contribution in [2.45, 2.75) is 38.5 Å². The van der Waals surface area contributed by atoms with Gasteiger partial charge in [0.25, 0.3) is 5.91 Å². The first-order valence-electron chi connectivity index (χ1n) is 10.5. The quantitative estimate of drug-likeness (QED) is 0.748. The molecule has 6 rings (SSSR count). The van der Waals surface area contributed by atoms with Crippen LogP contribution in [0.3, 0.4) is 0 Å². The predicted octanol–water partition coefficient (Wildman–Crippen LogP) is 5.23. The van der Waals surface area contributed by atoms with Gasteiger partial charge in [-0.05, 0) is 98.7 Å². The number of halogens is 1. The van der Waals surface area contributed by atoms with Crippen LogP contribution in [0, 0.1) is 29.0 Å². The fraction of sp³-hybridized carbons (Fsp3) is 0.417. The lowest BCUT2D eigenvalue weighted by molar-refractivity contribution is -0.140. The van der Waals surface area contributed by atoms with E-state index < -0.39 is 0 Å². The molecule has 0 atom stereocenters. The van der Waals surface area contributed by atoms with Gasteiger partial charge in [-0.25, -0.2) is 4.39 Å².